The monoisotopic (exact) mass is 172 g/mol. The molecule has 4 heteroatoms. The first-order chi connectivity index (χ1) is 5.61. The Kier molecular flexibility index (Phi) is 5.08. The van der Waals surface area contributed by atoms with Crippen LogP contribution in [0, 0.1) is 0 Å². The summed E-state index contributed by atoms with van der Waals surface area (Å²) in [4.78, 5) is 16.7. The molecular formula is C8H16N2O2. The molecule has 0 fully saturated rings. The summed E-state index contributed by atoms with van der Waals surface area (Å²) >= 11 is 0. The van der Waals surface area contributed by atoms with Crippen molar-refractivity contribution in [2.24, 2.45) is 4.99 Å². The van der Waals surface area contributed by atoms with Gasteiger partial charge >= 0.3 is 5.97 Å². The molecule has 0 bridgehead atoms. The number of methoxy groups -OCH3 is 1. The maximum absolute atomic E-state index is 10.7. The number of amidine groups is 1. The average Bonchev–Trinajstić information content (AvgIpc) is 2.04. The van der Waals surface area contributed by atoms with Crippen LogP contribution in [0.3, 0.4) is 0 Å². The molecule has 0 aliphatic heterocycles. The standard InChI is InChI=1S/C8H16N2O2/c1-5-7(10(2)3)9-6-8(11)12-4/h5-6H2,1-4H3. The van der Waals surface area contributed by atoms with Gasteiger partial charge in [0, 0.05) is 20.5 Å². The number of carbonyl (C=O) groups excluding carboxylic acids is 1. The fraction of sp³-hybridized carbons (Fsp3) is 0.750. The number of esters is 1. The highest BCUT2D eigenvalue weighted by molar-refractivity contribution is 5.84. The van der Waals surface area contributed by atoms with Gasteiger partial charge in [0.05, 0.1) is 12.9 Å². The third-order valence-corrected chi connectivity index (χ3v) is 1.45. The zero-order valence-electron chi connectivity index (χ0n) is 8.13. The van der Waals surface area contributed by atoms with E-state index in [0.29, 0.717) is 0 Å². The topological polar surface area (TPSA) is 41.9 Å². The molecule has 0 aliphatic rings. The molecular weight excluding hydrogens is 156 g/mol. The zero-order valence-corrected chi connectivity index (χ0v) is 8.13. The van der Waals surface area contributed by atoms with Gasteiger partial charge in [-0.15, -0.1) is 0 Å². The van der Waals surface area contributed by atoms with Crippen molar-refractivity contribution < 1.29 is 9.53 Å². The normalized spacial score (nSPS) is 11.2. The van der Waals surface area contributed by atoms with Crippen LogP contribution in [-0.2, 0) is 9.53 Å². The second-order valence-corrected chi connectivity index (χ2v) is 2.56. The Balaban J connectivity index is 4.03. The molecule has 0 aliphatic carbocycles. The van der Waals surface area contributed by atoms with Crippen molar-refractivity contribution in [3.8, 4) is 0 Å². The smallest absolute Gasteiger partial charge is 0.327 e. The Labute approximate surface area is 73.2 Å². The first-order valence-corrected chi connectivity index (χ1v) is 3.89. The Morgan fingerprint density at radius 3 is 2.42 bits per heavy atom. The van der Waals surface area contributed by atoms with E-state index in [1.165, 1.54) is 7.11 Å². The number of nitrogens with zero attached hydrogens (tertiary/aromatic N) is 2. The lowest BCUT2D eigenvalue weighted by Crippen LogP contribution is -2.22. The Hall–Kier alpha value is -1.06. The summed E-state index contributed by atoms with van der Waals surface area (Å²) in [6, 6.07) is 0. The van der Waals surface area contributed by atoms with Gasteiger partial charge in [-0.1, -0.05) is 6.92 Å². The third kappa shape index (κ3) is 3.95. The van der Waals surface area contributed by atoms with E-state index in [-0.39, 0.29) is 12.5 Å². The summed E-state index contributed by atoms with van der Waals surface area (Å²) in [6.07, 6.45) is 0.823. The van der Waals surface area contributed by atoms with E-state index in [1.54, 1.807) is 0 Å². The van der Waals surface area contributed by atoms with Crippen LogP contribution in [0.5, 0.6) is 0 Å². The molecule has 0 spiro atoms. The minimum absolute atomic E-state index is 0.109. The lowest BCUT2D eigenvalue weighted by Gasteiger charge is -2.13. The molecule has 0 amide bonds. The summed E-state index contributed by atoms with van der Waals surface area (Å²) in [5.41, 5.74) is 0. The van der Waals surface area contributed by atoms with Crippen molar-refractivity contribution >= 4 is 11.8 Å². The molecule has 0 aromatic heterocycles. The summed E-state index contributed by atoms with van der Waals surface area (Å²) in [7, 11) is 5.17. The molecule has 0 unspecified atom stereocenters. The van der Waals surface area contributed by atoms with Crippen LogP contribution in [0.25, 0.3) is 0 Å². The van der Waals surface area contributed by atoms with Gasteiger partial charge in [0.15, 0.2) is 0 Å². The van der Waals surface area contributed by atoms with Crippen LogP contribution in [0.2, 0.25) is 0 Å². The van der Waals surface area contributed by atoms with Crippen LogP contribution >= 0.6 is 0 Å². The van der Waals surface area contributed by atoms with Crippen LogP contribution in [-0.4, -0.2) is 44.5 Å². The highest BCUT2D eigenvalue weighted by Gasteiger charge is 2.01. The third-order valence-electron chi connectivity index (χ3n) is 1.45. The molecule has 0 N–H and O–H groups in total. The Bertz CT molecular complexity index is 176. The van der Waals surface area contributed by atoms with Crippen molar-refractivity contribution in [2.75, 3.05) is 27.7 Å². The van der Waals surface area contributed by atoms with Gasteiger partial charge in [-0.25, -0.2) is 0 Å². The van der Waals surface area contributed by atoms with Crippen molar-refractivity contribution in [3.63, 3.8) is 0 Å². The SMILES string of the molecule is CCC(=NCC(=O)OC)N(C)C. The molecule has 4 nitrogen and oxygen atoms in total. The van der Waals surface area contributed by atoms with Gasteiger partial charge in [-0.05, 0) is 0 Å². The molecule has 0 aromatic carbocycles. The predicted molar refractivity (Wildman–Crippen MR) is 48.3 cm³/mol. The number of hydrogen-bond acceptors (Lipinski definition) is 3. The van der Waals surface area contributed by atoms with E-state index in [2.05, 4.69) is 9.73 Å². The van der Waals surface area contributed by atoms with E-state index >= 15 is 0 Å². The minimum Gasteiger partial charge on any atom is -0.468 e. The number of ether oxygens (including phenoxy) is 1. The molecule has 0 radical (unpaired) electrons. The number of carbonyl (C=O) groups is 1. The molecule has 0 saturated heterocycles. The van der Waals surface area contributed by atoms with Crippen molar-refractivity contribution in [2.45, 2.75) is 13.3 Å². The van der Waals surface area contributed by atoms with Gasteiger partial charge in [0.2, 0.25) is 0 Å². The maximum Gasteiger partial charge on any atom is 0.327 e. The number of rotatable bonds is 3. The van der Waals surface area contributed by atoms with Crippen LogP contribution in [0.4, 0.5) is 0 Å². The van der Waals surface area contributed by atoms with Gasteiger partial charge in [-0.2, -0.15) is 0 Å². The second kappa shape index (κ2) is 5.57. The van der Waals surface area contributed by atoms with E-state index in [0.717, 1.165) is 12.3 Å². The average molecular weight is 172 g/mol. The van der Waals surface area contributed by atoms with Crippen LogP contribution < -0.4 is 0 Å². The van der Waals surface area contributed by atoms with Gasteiger partial charge in [-0.3, -0.25) is 9.79 Å². The van der Waals surface area contributed by atoms with Crippen molar-refractivity contribution in [3.05, 3.63) is 0 Å². The van der Waals surface area contributed by atoms with E-state index in [1.807, 2.05) is 25.9 Å². The van der Waals surface area contributed by atoms with Crippen molar-refractivity contribution in [1.29, 1.82) is 0 Å². The Morgan fingerprint density at radius 2 is 2.08 bits per heavy atom. The molecule has 12 heavy (non-hydrogen) atoms. The van der Waals surface area contributed by atoms with E-state index < -0.39 is 0 Å². The molecule has 70 valence electrons. The second-order valence-electron chi connectivity index (χ2n) is 2.56. The lowest BCUT2D eigenvalue weighted by molar-refractivity contribution is -0.138. The van der Waals surface area contributed by atoms with Crippen LogP contribution in [0.1, 0.15) is 13.3 Å². The fourth-order valence-corrected chi connectivity index (χ4v) is 0.790. The quantitative estimate of drug-likeness (QED) is 0.354. The van der Waals surface area contributed by atoms with E-state index in [9.17, 15) is 4.79 Å². The lowest BCUT2D eigenvalue weighted by atomic mass is 10.4. The van der Waals surface area contributed by atoms with Crippen LogP contribution in [0.15, 0.2) is 4.99 Å². The van der Waals surface area contributed by atoms with Gasteiger partial charge < -0.3 is 9.64 Å². The first kappa shape index (κ1) is 10.9. The summed E-state index contributed by atoms with van der Waals surface area (Å²) in [5, 5.41) is 0. The molecule has 0 heterocycles. The number of hydrogen-bond donors (Lipinski definition) is 0. The predicted octanol–water partition coefficient (Wildman–Crippen LogP) is 0.530. The molecule has 0 rings (SSSR count). The molecule has 0 atom stereocenters. The van der Waals surface area contributed by atoms with Gasteiger partial charge in [0.25, 0.3) is 0 Å². The highest BCUT2D eigenvalue weighted by atomic mass is 16.5. The number of aliphatic imine (C=N–C) groups is 1. The summed E-state index contributed by atoms with van der Waals surface area (Å²) in [6.45, 7) is 2.11. The summed E-state index contributed by atoms with van der Waals surface area (Å²) in [5.74, 6) is 0.600. The minimum atomic E-state index is -0.303. The highest BCUT2D eigenvalue weighted by Crippen LogP contribution is 1.90. The maximum atomic E-state index is 10.7. The summed E-state index contributed by atoms with van der Waals surface area (Å²) < 4.78 is 4.46. The first-order valence-electron chi connectivity index (χ1n) is 3.89. The van der Waals surface area contributed by atoms with Crippen molar-refractivity contribution in [1.82, 2.24) is 4.90 Å². The van der Waals surface area contributed by atoms with Gasteiger partial charge in [0.1, 0.15) is 6.54 Å². The Morgan fingerprint density at radius 1 is 1.50 bits per heavy atom. The zero-order chi connectivity index (χ0) is 9.56. The van der Waals surface area contributed by atoms with E-state index in [4.69, 9.17) is 0 Å². The molecule has 0 saturated carbocycles. The largest absolute Gasteiger partial charge is 0.468 e. The molecule has 0 aromatic rings. The fourth-order valence-electron chi connectivity index (χ4n) is 0.790.